The van der Waals surface area contributed by atoms with Crippen LogP contribution in [0.3, 0.4) is 0 Å². The van der Waals surface area contributed by atoms with Crippen molar-refractivity contribution in [2.45, 2.75) is 103 Å². The lowest BCUT2D eigenvalue weighted by Crippen LogP contribution is -2.56. The molecule has 1 heterocycles. The summed E-state index contributed by atoms with van der Waals surface area (Å²) >= 11 is 0. The van der Waals surface area contributed by atoms with Crippen molar-refractivity contribution in [3.63, 3.8) is 0 Å². The lowest BCUT2D eigenvalue weighted by molar-refractivity contribution is 0.113. The molecule has 2 heteroatoms. The Labute approximate surface area is 157 Å². The van der Waals surface area contributed by atoms with Crippen LogP contribution in [0.25, 0.3) is 0 Å². The standard InChI is InChI=1S/C23H44N2/c1-3-5-6-7-19-16-24-23(25-17-19)22-14-12-21(13-15-22)20-10-8-18(4-2)9-11-20/h18-25H,3-17H2,1-2H3. The lowest BCUT2D eigenvalue weighted by Gasteiger charge is -2.42. The van der Waals surface area contributed by atoms with E-state index in [0.717, 1.165) is 29.6 Å². The molecule has 2 N–H and O–H groups in total. The van der Waals surface area contributed by atoms with Crippen LogP contribution in [-0.4, -0.2) is 19.3 Å². The molecule has 3 fully saturated rings. The van der Waals surface area contributed by atoms with Gasteiger partial charge in [0.1, 0.15) is 0 Å². The Bertz CT molecular complexity index is 345. The molecule has 0 aromatic heterocycles. The lowest BCUT2D eigenvalue weighted by atomic mass is 9.68. The van der Waals surface area contributed by atoms with Crippen LogP contribution in [0.1, 0.15) is 97.3 Å². The predicted octanol–water partition coefficient (Wildman–Crippen LogP) is 5.72. The molecule has 0 spiro atoms. The molecule has 0 bridgehead atoms. The predicted molar refractivity (Wildman–Crippen MR) is 109 cm³/mol. The van der Waals surface area contributed by atoms with Crippen molar-refractivity contribution in [2.75, 3.05) is 13.1 Å². The molecule has 3 rings (SSSR count). The van der Waals surface area contributed by atoms with E-state index < -0.39 is 0 Å². The van der Waals surface area contributed by atoms with Gasteiger partial charge in [-0.15, -0.1) is 0 Å². The monoisotopic (exact) mass is 348 g/mol. The Morgan fingerprint density at radius 2 is 1.20 bits per heavy atom. The van der Waals surface area contributed by atoms with Crippen molar-refractivity contribution < 1.29 is 0 Å². The van der Waals surface area contributed by atoms with E-state index in [1.165, 1.54) is 96.6 Å². The summed E-state index contributed by atoms with van der Waals surface area (Å²) in [4.78, 5) is 0. The first-order valence-electron chi connectivity index (χ1n) is 11.8. The van der Waals surface area contributed by atoms with Gasteiger partial charge in [0.25, 0.3) is 0 Å². The summed E-state index contributed by atoms with van der Waals surface area (Å²) in [6, 6.07) is 0. The van der Waals surface area contributed by atoms with Gasteiger partial charge >= 0.3 is 0 Å². The number of hydrogen-bond acceptors (Lipinski definition) is 2. The summed E-state index contributed by atoms with van der Waals surface area (Å²) in [6.45, 7) is 7.19. The van der Waals surface area contributed by atoms with E-state index in [1.54, 1.807) is 0 Å². The summed E-state index contributed by atoms with van der Waals surface area (Å²) in [5.41, 5.74) is 0. The molecule has 0 aromatic rings. The van der Waals surface area contributed by atoms with Crippen molar-refractivity contribution in [1.82, 2.24) is 10.6 Å². The van der Waals surface area contributed by atoms with Gasteiger partial charge in [-0.1, -0.05) is 52.4 Å². The average molecular weight is 349 g/mol. The van der Waals surface area contributed by atoms with Crippen LogP contribution < -0.4 is 10.6 Å². The Morgan fingerprint density at radius 3 is 1.76 bits per heavy atom. The minimum Gasteiger partial charge on any atom is -0.301 e. The molecule has 2 aliphatic carbocycles. The number of unbranched alkanes of at least 4 members (excludes halogenated alkanes) is 2. The van der Waals surface area contributed by atoms with E-state index in [1.807, 2.05) is 0 Å². The van der Waals surface area contributed by atoms with E-state index >= 15 is 0 Å². The minimum absolute atomic E-state index is 0.610. The largest absolute Gasteiger partial charge is 0.301 e. The van der Waals surface area contributed by atoms with E-state index in [4.69, 9.17) is 0 Å². The summed E-state index contributed by atoms with van der Waals surface area (Å²) in [7, 11) is 0. The molecule has 0 aromatic carbocycles. The van der Waals surface area contributed by atoms with Gasteiger partial charge in [0.15, 0.2) is 0 Å². The Balaban J connectivity index is 1.33. The molecule has 3 aliphatic rings. The van der Waals surface area contributed by atoms with E-state index in [2.05, 4.69) is 24.5 Å². The smallest absolute Gasteiger partial charge is 0.0600 e. The summed E-state index contributed by atoms with van der Waals surface area (Å²) in [6.07, 6.45) is 19.7. The fourth-order valence-electron chi connectivity index (χ4n) is 5.97. The highest BCUT2D eigenvalue weighted by atomic mass is 15.2. The second kappa shape index (κ2) is 10.3. The molecule has 0 atom stereocenters. The molecule has 2 nitrogen and oxygen atoms in total. The first-order chi connectivity index (χ1) is 12.3. The third kappa shape index (κ3) is 5.70. The van der Waals surface area contributed by atoms with Gasteiger partial charge < -0.3 is 10.6 Å². The van der Waals surface area contributed by atoms with Crippen molar-refractivity contribution in [3.8, 4) is 0 Å². The first kappa shape index (κ1) is 19.7. The van der Waals surface area contributed by atoms with E-state index in [0.29, 0.717) is 6.17 Å². The van der Waals surface area contributed by atoms with Gasteiger partial charge in [0.2, 0.25) is 0 Å². The van der Waals surface area contributed by atoms with Crippen molar-refractivity contribution in [3.05, 3.63) is 0 Å². The second-order valence-electron chi connectivity index (χ2n) is 9.52. The number of nitrogens with one attached hydrogen (secondary N) is 2. The summed E-state index contributed by atoms with van der Waals surface area (Å²) in [5.74, 6) is 4.93. The van der Waals surface area contributed by atoms with Crippen LogP contribution in [0.5, 0.6) is 0 Å². The van der Waals surface area contributed by atoms with Crippen LogP contribution >= 0.6 is 0 Å². The van der Waals surface area contributed by atoms with Gasteiger partial charge in [-0.05, 0) is 74.5 Å². The highest BCUT2D eigenvalue weighted by Gasteiger charge is 2.34. The Hall–Kier alpha value is -0.0800. The molecule has 2 saturated carbocycles. The Morgan fingerprint density at radius 1 is 0.640 bits per heavy atom. The SMILES string of the molecule is CCCCCC1CNC(C2CCC(C3CCC(CC)CC3)CC2)NC1. The van der Waals surface area contributed by atoms with Crippen molar-refractivity contribution in [2.24, 2.45) is 29.6 Å². The molecule has 146 valence electrons. The normalized spacial score (nSPS) is 40.1. The van der Waals surface area contributed by atoms with Crippen molar-refractivity contribution >= 4 is 0 Å². The maximum Gasteiger partial charge on any atom is 0.0600 e. The topological polar surface area (TPSA) is 24.1 Å². The Kier molecular flexibility index (Phi) is 8.11. The van der Waals surface area contributed by atoms with Gasteiger partial charge in [-0.3, -0.25) is 0 Å². The van der Waals surface area contributed by atoms with Crippen LogP contribution in [0.2, 0.25) is 0 Å². The van der Waals surface area contributed by atoms with Gasteiger partial charge in [0, 0.05) is 13.1 Å². The molecule has 1 saturated heterocycles. The molecular formula is C23H44N2. The molecule has 25 heavy (non-hydrogen) atoms. The third-order valence-electron chi connectivity index (χ3n) is 7.89. The van der Waals surface area contributed by atoms with Crippen LogP contribution in [0, 0.1) is 29.6 Å². The van der Waals surface area contributed by atoms with Crippen molar-refractivity contribution in [1.29, 1.82) is 0 Å². The quantitative estimate of drug-likeness (QED) is 0.575. The van der Waals surface area contributed by atoms with E-state index in [-0.39, 0.29) is 0 Å². The molecular weight excluding hydrogens is 304 g/mol. The van der Waals surface area contributed by atoms with Crippen LogP contribution in [0.4, 0.5) is 0 Å². The zero-order chi connectivity index (χ0) is 17.5. The summed E-state index contributed by atoms with van der Waals surface area (Å²) in [5, 5.41) is 7.72. The maximum atomic E-state index is 3.86. The average Bonchev–Trinajstić information content (AvgIpc) is 2.69. The first-order valence-corrected chi connectivity index (χ1v) is 11.8. The fourth-order valence-corrected chi connectivity index (χ4v) is 5.97. The minimum atomic E-state index is 0.610. The second-order valence-corrected chi connectivity index (χ2v) is 9.52. The molecule has 0 amide bonds. The highest BCUT2D eigenvalue weighted by molar-refractivity contribution is 4.88. The van der Waals surface area contributed by atoms with E-state index in [9.17, 15) is 0 Å². The molecule has 0 radical (unpaired) electrons. The van der Waals surface area contributed by atoms with Crippen LogP contribution in [0.15, 0.2) is 0 Å². The number of hydrogen-bond donors (Lipinski definition) is 2. The fraction of sp³-hybridized carbons (Fsp3) is 1.00. The molecule has 0 unspecified atom stereocenters. The third-order valence-corrected chi connectivity index (χ3v) is 7.89. The number of rotatable bonds is 7. The van der Waals surface area contributed by atoms with Crippen LogP contribution in [-0.2, 0) is 0 Å². The summed E-state index contributed by atoms with van der Waals surface area (Å²) < 4.78 is 0. The highest BCUT2D eigenvalue weighted by Crippen LogP contribution is 2.42. The van der Waals surface area contributed by atoms with Gasteiger partial charge in [-0.25, -0.2) is 0 Å². The van der Waals surface area contributed by atoms with Gasteiger partial charge in [0.05, 0.1) is 6.17 Å². The van der Waals surface area contributed by atoms with Gasteiger partial charge in [-0.2, -0.15) is 0 Å². The zero-order valence-corrected chi connectivity index (χ0v) is 17.1. The molecule has 1 aliphatic heterocycles. The zero-order valence-electron chi connectivity index (χ0n) is 17.1. The maximum absolute atomic E-state index is 3.86.